The van der Waals surface area contributed by atoms with Gasteiger partial charge in [-0.2, -0.15) is 5.10 Å². The lowest BCUT2D eigenvalue weighted by atomic mass is 10.1. The summed E-state index contributed by atoms with van der Waals surface area (Å²) in [5.41, 5.74) is 1.86. The Morgan fingerprint density at radius 3 is 2.67 bits per heavy atom. The summed E-state index contributed by atoms with van der Waals surface area (Å²) in [6.07, 6.45) is 3.36. The first kappa shape index (κ1) is 20.2. The molecule has 0 saturated heterocycles. The van der Waals surface area contributed by atoms with Gasteiger partial charge in [0.05, 0.1) is 22.5 Å². The van der Waals surface area contributed by atoms with Gasteiger partial charge in [-0.25, -0.2) is 9.67 Å². The lowest BCUT2D eigenvalue weighted by Crippen LogP contribution is -2.31. The lowest BCUT2D eigenvalue weighted by molar-refractivity contribution is -0.116. The van der Waals surface area contributed by atoms with Crippen molar-refractivity contribution in [3.8, 4) is 5.69 Å². The first-order valence-electron chi connectivity index (χ1n) is 9.04. The summed E-state index contributed by atoms with van der Waals surface area (Å²) in [4.78, 5) is 42.5. The Hall–Kier alpha value is -3.04. The standard InChI is InChI=1S/C20H15BrClN5O3/c21-12-3-5-14-15(8-12)20(30)26(19(14)29)7-1-2-18(28)25-16-9-13(22)4-6-17(16)27-11-23-10-24-27/h3-6,8-11H,1-2,7H2,(H,25,28). The van der Waals surface area contributed by atoms with Gasteiger partial charge in [-0.1, -0.05) is 27.5 Å². The van der Waals surface area contributed by atoms with Crippen molar-refractivity contribution in [1.82, 2.24) is 19.7 Å². The van der Waals surface area contributed by atoms with Crippen molar-refractivity contribution < 1.29 is 14.4 Å². The Morgan fingerprint density at radius 1 is 1.10 bits per heavy atom. The Bertz CT molecular complexity index is 1150. The Morgan fingerprint density at radius 2 is 1.90 bits per heavy atom. The summed E-state index contributed by atoms with van der Waals surface area (Å²) in [7, 11) is 0. The number of imide groups is 1. The van der Waals surface area contributed by atoms with Crippen molar-refractivity contribution in [2.75, 3.05) is 11.9 Å². The minimum atomic E-state index is -0.347. The molecule has 4 rings (SSSR count). The second kappa shape index (κ2) is 8.37. The van der Waals surface area contributed by atoms with Gasteiger partial charge >= 0.3 is 0 Å². The van der Waals surface area contributed by atoms with Crippen LogP contribution in [0.1, 0.15) is 33.6 Å². The number of nitrogens with one attached hydrogen (secondary N) is 1. The molecule has 1 aliphatic heterocycles. The number of rotatable bonds is 6. The van der Waals surface area contributed by atoms with Crippen molar-refractivity contribution in [3.05, 3.63) is 69.7 Å². The lowest BCUT2D eigenvalue weighted by Gasteiger charge is -2.14. The van der Waals surface area contributed by atoms with Crippen LogP contribution in [-0.2, 0) is 4.79 Å². The van der Waals surface area contributed by atoms with Gasteiger partial charge in [0.25, 0.3) is 11.8 Å². The van der Waals surface area contributed by atoms with Crippen molar-refractivity contribution >= 4 is 50.9 Å². The Kier molecular flexibility index (Phi) is 5.65. The molecule has 3 aromatic rings. The van der Waals surface area contributed by atoms with Crippen LogP contribution in [0, 0.1) is 0 Å². The molecule has 2 aromatic carbocycles. The van der Waals surface area contributed by atoms with E-state index in [-0.39, 0.29) is 30.7 Å². The maximum Gasteiger partial charge on any atom is 0.261 e. The molecular weight excluding hydrogens is 474 g/mol. The number of fused-ring (bicyclic) bond motifs is 1. The van der Waals surface area contributed by atoms with Gasteiger partial charge in [-0.05, 0) is 42.8 Å². The highest BCUT2D eigenvalue weighted by atomic mass is 79.9. The summed E-state index contributed by atoms with van der Waals surface area (Å²) in [6.45, 7) is 0.156. The van der Waals surface area contributed by atoms with E-state index in [1.165, 1.54) is 22.2 Å². The second-order valence-electron chi connectivity index (χ2n) is 6.61. The van der Waals surface area contributed by atoms with Gasteiger partial charge in [0.15, 0.2) is 0 Å². The first-order valence-corrected chi connectivity index (χ1v) is 10.2. The monoisotopic (exact) mass is 487 g/mol. The number of anilines is 1. The van der Waals surface area contributed by atoms with Crippen LogP contribution in [0.4, 0.5) is 5.69 Å². The van der Waals surface area contributed by atoms with E-state index in [0.717, 1.165) is 4.47 Å². The van der Waals surface area contributed by atoms with Gasteiger partial charge in [-0.3, -0.25) is 19.3 Å². The van der Waals surface area contributed by atoms with E-state index in [1.807, 2.05) is 0 Å². The molecule has 3 amide bonds. The number of benzene rings is 2. The molecule has 30 heavy (non-hydrogen) atoms. The van der Waals surface area contributed by atoms with Crippen molar-refractivity contribution in [1.29, 1.82) is 0 Å². The SMILES string of the molecule is O=C(CCCN1C(=O)c2ccc(Br)cc2C1=O)Nc1cc(Cl)ccc1-n1cncn1. The number of hydrogen-bond donors (Lipinski definition) is 1. The summed E-state index contributed by atoms with van der Waals surface area (Å²) in [6, 6.07) is 10.0. The molecule has 0 aliphatic carbocycles. The molecule has 152 valence electrons. The maximum atomic E-state index is 12.5. The Labute approximate surface area is 185 Å². The summed E-state index contributed by atoms with van der Waals surface area (Å²) in [5.74, 6) is -0.954. The zero-order valence-electron chi connectivity index (χ0n) is 15.5. The zero-order valence-corrected chi connectivity index (χ0v) is 17.9. The number of halogens is 2. The highest BCUT2D eigenvalue weighted by molar-refractivity contribution is 9.10. The van der Waals surface area contributed by atoms with E-state index < -0.39 is 0 Å². The predicted octanol–water partition coefficient (Wildman–Crippen LogP) is 3.70. The van der Waals surface area contributed by atoms with Crippen molar-refractivity contribution in [2.45, 2.75) is 12.8 Å². The van der Waals surface area contributed by atoms with Gasteiger partial charge in [-0.15, -0.1) is 0 Å². The largest absolute Gasteiger partial charge is 0.324 e. The fourth-order valence-corrected chi connectivity index (χ4v) is 3.75. The normalized spacial score (nSPS) is 12.9. The number of aromatic nitrogens is 3. The fourth-order valence-electron chi connectivity index (χ4n) is 3.22. The van der Waals surface area contributed by atoms with E-state index in [4.69, 9.17) is 11.6 Å². The minimum absolute atomic E-state index is 0.125. The van der Waals surface area contributed by atoms with Crippen LogP contribution in [-0.4, -0.2) is 43.9 Å². The minimum Gasteiger partial charge on any atom is -0.324 e. The number of carbonyl (C=O) groups is 3. The summed E-state index contributed by atoms with van der Waals surface area (Å²) < 4.78 is 2.25. The summed E-state index contributed by atoms with van der Waals surface area (Å²) >= 11 is 9.36. The van der Waals surface area contributed by atoms with Crippen LogP contribution in [0.2, 0.25) is 5.02 Å². The third kappa shape index (κ3) is 3.99. The molecule has 1 N–H and O–H groups in total. The topological polar surface area (TPSA) is 97.2 Å². The number of carbonyl (C=O) groups excluding carboxylic acids is 3. The molecule has 0 bridgehead atoms. The molecule has 0 saturated carbocycles. The van der Waals surface area contributed by atoms with Crippen LogP contribution >= 0.6 is 27.5 Å². The van der Waals surface area contributed by atoms with Crippen LogP contribution in [0.3, 0.4) is 0 Å². The molecule has 8 nitrogen and oxygen atoms in total. The highest BCUT2D eigenvalue weighted by Crippen LogP contribution is 2.27. The molecule has 0 radical (unpaired) electrons. The predicted molar refractivity (Wildman–Crippen MR) is 114 cm³/mol. The fraction of sp³-hybridized carbons (Fsp3) is 0.150. The third-order valence-corrected chi connectivity index (χ3v) is 5.34. The Balaban J connectivity index is 1.38. The quantitative estimate of drug-likeness (QED) is 0.534. The van der Waals surface area contributed by atoms with E-state index in [1.54, 1.807) is 36.4 Å². The molecule has 1 aromatic heterocycles. The van der Waals surface area contributed by atoms with Crippen LogP contribution < -0.4 is 5.32 Å². The van der Waals surface area contributed by atoms with Gasteiger partial charge in [0.1, 0.15) is 12.7 Å². The second-order valence-corrected chi connectivity index (χ2v) is 7.96. The molecule has 10 heteroatoms. The van der Waals surface area contributed by atoms with E-state index in [0.29, 0.717) is 33.9 Å². The highest BCUT2D eigenvalue weighted by Gasteiger charge is 2.35. The average Bonchev–Trinajstić information content (AvgIpc) is 3.31. The molecule has 1 aliphatic rings. The maximum absolute atomic E-state index is 12.5. The van der Waals surface area contributed by atoms with Gasteiger partial charge in [0, 0.05) is 22.5 Å². The van der Waals surface area contributed by atoms with Crippen molar-refractivity contribution in [3.63, 3.8) is 0 Å². The molecular formula is C20H15BrClN5O3. The van der Waals surface area contributed by atoms with Crippen LogP contribution in [0.15, 0.2) is 53.5 Å². The number of nitrogens with zero attached hydrogens (tertiary/aromatic N) is 4. The van der Waals surface area contributed by atoms with Gasteiger partial charge < -0.3 is 5.32 Å². The van der Waals surface area contributed by atoms with E-state index in [9.17, 15) is 14.4 Å². The number of amides is 3. The molecule has 2 heterocycles. The first-order chi connectivity index (χ1) is 14.4. The molecule has 0 fully saturated rings. The van der Waals surface area contributed by atoms with E-state index in [2.05, 4.69) is 31.3 Å². The van der Waals surface area contributed by atoms with Crippen LogP contribution in [0.25, 0.3) is 5.69 Å². The van der Waals surface area contributed by atoms with Crippen LogP contribution in [0.5, 0.6) is 0 Å². The van der Waals surface area contributed by atoms with Gasteiger partial charge in [0.2, 0.25) is 5.91 Å². The molecule has 0 atom stereocenters. The number of hydrogen-bond acceptors (Lipinski definition) is 5. The van der Waals surface area contributed by atoms with E-state index >= 15 is 0 Å². The molecule has 0 unspecified atom stereocenters. The van der Waals surface area contributed by atoms with Crippen molar-refractivity contribution in [2.24, 2.45) is 0 Å². The average molecular weight is 489 g/mol. The third-order valence-electron chi connectivity index (χ3n) is 4.62. The zero-order chi connectivity index (χ0) is 21.3. The summed E-state index contributed by atoms with van der Waals surface area (Å²) in [5, 5.41) is 7.34. The molecule has 0 spiro atoms. The smallest absolute Gasteiger partial charge is 0.261 e.